The van der Waals surface area contributed by atoms with Crippen LogP contribution in [0.25, 0.3) is 0 Å². The Labute approximate surface area is 82.0 Å². The molecule has 90 valence electrons. The minimum absolute atomic E-state index is 2.92. The van der Waals surface area contributed by atoms with Crippen LogP contribution in [0.1, 0.15) is 0 Å². The van der Waals surface area contributed by atoms with Gasteiger partial charge in [-0.25, -0.2) is 22.0 Å². The van der Waals surface area contributed by atoms with E-state index in [4.69, 9.17) is 4.55 Å². The molecule has 4 unspecified atom stereocenters. The van der Waals surface area contributed by atoms with E-state index >= 15 is 0 Å². The summed E-state index contributed by atoms with van der Waals surface area (Å²) < 4.78 is 92.7. The Balaban J connectivity index is 3.08. The molecule has 1 fully saturated rings. The van der Waals surface area contributed by atoms with E-state index in [1.54, 1.807) is 0 Å². The molecule has 1 rings (SSSR count). The Bertz CT molecular complexity index is 318. The smallest absolute Gasteiger partial charge is 0.273 e. The second-order valence-corrected chi connectivity index (χ2v) is 4.78. The molecule has 4 atom stereocenters. The van der Waals surface area contributed by atoms with Gasteiger partial charge in [-0.2, -0.15) is 8.42 Å². The van der Waals surface area contributed by atoms with Crippen LogP contribution in [0.5, 0.6) is 0 Å². The van der Waals surface area contributed by atoms with Crippen LogP contribution in [0.2, 0.25) is 0 Å². The molecular weight excluding hydrogens is 247 g/mol. The predicted molar refractivity (Wildman–Crippen MR) is 39.8 cm³/mol. The minimum Gasteiger partial charge on any atom is -0.285 e. The molecule has 9 heteroatoms. The van der Waals surface area contributed by atoms with Crippen molar-refractivity contribution in [3.8, 4) is 0 Å². The zero-order chi connectivity index (χ0) is 12.0. The summed E-state index contributed by atoms with van der Waals surface area (Å²) in [7, 11) is -5.31. The van der Waals surface area contributed by atoms with Crippen LogP contribution >= 0.6 is 0 Å². The van der Waals surface area contributed by atoms with Crippen LogP contribution in [0, 0.1) is 0 Å². The van der Waals surface area contributed by atoms with Gasteiger partial charge in [-0.15, -0.1) is 0 Å². The predicted octanol–water partition coefficient (Wildman–Crippen LogP) is 0.947. The number of hydrogen-bond donors (Lipinski definition) is 1. The van der Waals surface area contributed by atoms with E-state index in [0.717, 1.165) is 0 Å². The first kappa shape index (κ1) is 12.6. The van der Waals surface area contributed by atoms with E-state index in [9.17, 15) is 30.4 Å². The maximum atomic E-state index is 12.9. The first-order valence-electron chi connectivity index (χ1n) is 3.84. The average Bonchev–Trinajstić information content (AvgIpc) is 2.09. The fourth-order valence-corrected chi connectivity index (χ4v) is 2.35. The molecule has 0 aromatic carbocycles. The molecule has 1 aliphatic carbocycles. The molecular formula is C6H7F5O3S. The molecule has 0 spiro atoms. The van der Waals surface area contributed by atoms with Gasteiger partial charge >= 0.3 is 0 Å². The summed E-state index contributed by atoms with van der Waals surface area (Å²) in [5, 5.41) is -2.92. The third-order valence-corrected chi connectivity index (χ3v) is 3.40. The molecule has 0 saturated heterocycles. The summed E-state index contributed by atoms with van der Waals surface area (Å²) in [5.41, 5.74) is 0. The van der Waals surface area contributed by atoms with Gasteiger partial charge in [-0.1, -0.05) is 0 Å². The summed E-state index contributed by atoms with van der Waals surface area (Å²) in [6, 6.07) is 0. The fourth-order valence-electron chi connectivity index (χ4n) is 1.39. The molecule has 0 bridgehead atoms. The Morgan fingerprint density at radius 2 is 1.00 bits per heavy atom. The van der Waals surface area contributed by atoms with E-state index in [1.807, 2.05) is 0 Å². The van der Waals surface area contributed by atoms with Gasteiger partial charge < -0.3 is 0 Å². The largest absolute Gasteiger partial charge is 0.285 e. The lowest BCUT2D eigenvalue weighted by atomic mass is 9.91. The van der Waals surface area contributed by atoms with Crippen LogP contribution in [0.15, 0.2) is 0 Å². The third kappa shape index (κ3) is 2.07. The van der Waals surface area contributed by atoms with Crippen LogP contribution in [-0.4, -0.2) is 49.1 Å². The molecule has 0 heterocycles. The SMILES string of the molecule is O=S(=O)(O)C1C(F)C(F)C(F)C(F)C1F. The van der Waals surface area contributed by atoms with E-state index in [0.29, 0.717) is 0 Å². The molecule has 0 radical (unpaired) electrons. The lowest BCUT2D eigenvalue weighted by molar-refractivity contribution is -0.0489. The van der Waals surface area contributed by atoms with Crippen molar-refractivity contribution in [2.45, 2.75) is 36.1 Å². The maximum absolute atomic E-state index is 12.9. The summed E-state index contributed by atoms with van der Waals surface area (Å²) >= 11 is 0. The number of alkyl halides is 5. The molecule has 0 aromatic rings. The highest BCUT2D eigenvalue weighted by Crippen LogP contribution is 2.34. The standard InChI is InChI=1S/C6H7F5O3S/c7-1-2(8)4(10)6(15(12,13)14)5(11)3(1)9/h1-6H,(H,12,13,14). The summed E-state index contributed by atoms with van der Waals surface area (Å²) in [6.07, 6.45) is -15.6. The molecule has 0 amide bonds. The summed E-state index contributed by atoms with van der Waals surface area (Å²) in [6.45, 7) is 0. The Morgan fingerprint density at radius 3 is 1.27 bits per heavy atom. The van der Waals surface area contributed by atoms with Gasteiger partial charge in [0.2, 0.25) is 0 Å². The van der Waals surface area contributed by atoms with E-state index in [-0.39, 0.29) is 0 Å². The van der Waals surface area contributed by atoms with Crippen molar-refractivity contribution in [3.05, 3.63) is 0 Å². The highest BCUT2D eigenvalue weighted by atomic mass is 32.2. The van der Waals surface area contributed by atoms with Crippen molar-refractivity contribution in [3.63, 3.8) is 0 Å². The topological polar surface area (TPSA) is 54.4 Å². The second kappa shape index (κ2) is 3.85. The van der Waals surface area contributed by atoms with E-state index < -0.39 is 46.2 Å². The molecule has 1 aliphatic rings. The van der Waals surface area contributed by atoms with Crippen molar-refractivity contribution in [2.24, 2.45) is 0 Å². The zero-order valence-corrected chi connectivity index (χ0v) is 7.84. The van der Waals surface area contributed by atoms with Crippen molar-refractivity contribution < 1.29 is 34.9 Å². The molecule has 1 saturated carbocycles. The Hall–Kier alpha value is -0.440. The van der Waals surface area contributed by atoms with Crippen LogP contribution < -0.4 is 0 Å². The van der Waals surface area contributed by atoms with Gasteiger partial charge in [0.15, 0.2) is 36.1 Å². The Kier molecular flexibility index (Phi) is 3.24. The normalized spacial score (nSPS) is 47.9. The van der Waals surface area contributed by atoms with Gasteiger partial charge in [-0.3, -0.25) is 4.55 Å². The molecule has 15 heavy (non-hydrogen) atoms. The molecule has 1 N–H and O–H groups in total. The van der Waals surface area contributed by atoms with Gasteiger partial charge in [0, 0.05) is 0 Å². The monoisotopic (exact) mass is 254 g/mol. The van der Waals surface area contributed by atoms with Gasteiger partial charge in [0.05, 0.1) is 0 Å². The van der Waals surface area contributed by atoms with Gasteiger partial charge in [-0.05, 0) is 0 Å². The first-order chi connectivity index (χ1) is 6.68. The average molecular weight is 254 g/mol. The highest BCUT2D eigenvalue weighted by Gasteiger charge is 2.58. The second-order valence-electron chi connectivity index (χ2n) is 3.20. The zero-order valence-electron chi connectivity index (χ0n) is 7.03. The first-order valence-corrected chi connectivity index (χ1v) is 5.35. The summed E-state index contributed by atoms with van der Waals surface area (Å²) in [5.74, 6) is 0. The third-order valence-electron chi connectivity index (χ3n) is 2.19. The minimum atomic E-state index is -5.31. The fraction of sp³-hybridized carbons (Fsp3) is 1.00. The lowest BCUT2D eigenvalue weighted by Crippen LogP contribution is -2.58. The van der Waals surface area contributed by atoms with Crippen molar-refractivity contribution in [1.82, 2.24) is 0 Å². The number of halogens is 5. The van der Waals surface area contributed by atoms with Crippen molar-refractivity contribution >= 4 is 10.1 Å². The maximum Gasteiger partial charge on any atom is 0.273 e. The lowest BCUT2D eigenvalue weighted by Gasteiger charge is -2.34. The number of rotatable bonds is 1. The van der Waals surface area contributed by atoms with Crippen LogP contribution in [-0.2, 0) is 10.1 Å². The van der Waals surface area contributed by atoms with Crippen LogP contribution in [0.3, 0.4) is 0 Å². The van der Waals surface area contributed by atoms with Crippen LogP contribution in [0.4, 0.5) is 22.0 Å². The highest BCUT2D eigenvalue weighted by molar-refractivity contribution is 7.86. The van der Waals surface area contributed by atoms with Gasteiger partial charge in [0.25, 0.3) is 10.1 Å². The quantitative estimate of drug-likeness (QED) is 0.560. The van der Waals surface area contributed by atoms with Gasteiger partial charge in [0.1, 0.15) is 0 Å². The molecule has 0 aliphatic heterocycles. The number of hydrogen-bond acceptors (Lipinski definition) is 2. The Morgan fingerprint density at radius 1 is 0.733 bits per heavy atom. The van der Waals surface area contributed by atoms with Crippen molar-refractivity contribution in [2.75, 3.05) is 0 Å². The summed E-state index contributed by atoms with van der Waals surface area (Å²) in [4.78, 5) is 0. The molecule has 0 aromatic heterocycles. The van der Waals surface area contributed by atoms with E-state index in [1.165, 1.54) is 0 Å². The molecule has 3 nitrogen and oxygen atoms in total. The van der Waals surface area contributed by atoms with E-state index in [2.05, 4.69) is 0 Å². The van der Waals surface area contributed by atoms with Crippen molar-refractivity contribution in [1.29, 1.82) is 0 Å².